The summed E-state index contributed by atoms with van der Waals surface area (Å²) in [5.41, 5.74) is 14.3. The Morgan fingerprint density at radius 3 is 2.00 bits per heavy atom. The summed E-state index contributed by atoms with van der Waals surface area (Å²) in [6.07, 6.45) is 0. The highest BCUT2D eigenvalue weighted by Crippen LogP contribution is 2.34. The van der Waals surface area contributed by atoms with E-state index in [-0.39, 0.29) is 0 Å². The predicted molar refractivity (Wildman–Crippen MR) is 91.2 cm³/mol. The average molecular weight is 273 g/mol. The van der Waals surface area contributed by atoms with Crippen LogP contribution in [0.25, 0.3) is 22.3 Å². The number of aryl methyl sites for hydroxylation is 2. The molecule has 0 saturated carbocycles. The molecule has 0 saturated heterocycles. The van der Waals surface area contributed by atoms with E-state index >= 15 is 0 Å². The fourth-order valence-electron chi connectivity index (χ4n) is 2.82. The van der Waals surface area contributed by atoms with Gasteiger partial charge in [-0.2, -0.15) is 0 Å². The summed E-state index contributed by atoms with van der Waals surface area (Å²) in [6, 6.07) is 23.0. The molecule has 0 unspecified atom stereocenters. The molecule has 0 aliphatic rings. The van der Waals surface area contributed by atoms with E-state index in [4.69, 9.17) is 5.73 Å². The lowest BCUT2D eigenvalue weighted by Gasteiger charge is -2.14. The molecule has 3 aromatic carbocycles. The summed E-state index contributed by atoms with van der Waals surface area (Å²) in [7, 11) is 0. The molecule has 0 aliphatic heterocycles. The molecule has 21 heavy (non-hydrogen) atoms. The van der Waals surface area contributed by atoms with Crippen molar-refractivity contribution in [3.8, 4) is 22.3 Å². The molecule has 0 bridgehead atoms. The number of benzene rings is 3. The lowest BCUT2D eigenvalue weighted by molar-refractivity contribution is 1.38. The summed E-state index contributed by atoms with van der Waals surface area (Å²) < 4.78 is 0. The molecule has 1 heteroatoms. The zero-order chi connectivity index (χ0) is 14.8. The van der Waals surface area contributed by atoms with E-state index in [1.807, 2.05) is 12.1 Å². The van der Waals surface area contributed by atoms with E-state index in [0.29, 0.717) is 0 Å². The molecule has 0 amide bonds. The van der Waals surface area contributed by atoms with Crippen LogP contribution in [0.1, 0.15) is 11.1 Å². The third-order valence-corrected chi connectivity index (χ3v) is 3.91. The van der Waals surface area contributed by atoms with Crippen molar-refractivity contribution in [1.29, 1.82) is 0 Å². The molecule has 1 nitrogen and oxygen atoms in total. The van der Waals surface area contributed by atoms with E-state index in [2.05, 4.69) is 68.4 Å². The van der Waals surface area contributed by atoms with E-state index in [1.54, 1.807) is 0 Å². The number of hydrogen-bond acceptors (Lipinski definition) is 1. The second-order valence-electron chi connectivity index (χ2n) is 5.43. The van der Waals surface area contributed by atoms with Gasteiger partial charge in [0.1, 0.15) is 0 Å². The molecule has 0 spiro atoms. The first-order chi connectivity index (χ1) is 10.2. The predicted octanol–water partition coefficient (Wildman–Crippen LogP) is 5.22. The van der Waals surface area contributed by atoms with Crippen LogP contribution in [0.2, 0.25) is 0 Å². The van der Waals surface area contributed by atoms with Crippen LogP contribution in [-0.2, 0) is 0 Å². The van der Waals surface area contributed by atoms with Crippen LogP contribution in [-0.4, -0.2) is 0 Å². The standard InChI is InChI=1S/C20H19N/c1-14-7-6-8-15(2)20(14)18-13-17(11-12-19(18)21)16-9-4-3-5-10-16/h3-13H,21H2,1-2H3. The first-order valence-corrected chi connectivity index (χ1v) is 7.18. The van der Waals surface area contributed by atoms with Crippen molar-refractivity contribution in [2.24, 2.45) is 0 Å². The lowest BCUT2D eigenvalue weighted by atomic mass is 9.92. The third kappa shape index (κ3) is 2.55. The number of hydrogen-bond donors (Lipinski definition) is 1. The molecule has 0 aliphatic carbocycles. The second-order valence-corrected chi connectivity index (χ2v) is 5.43. The Hall–Kier alpha value is -2.54. The highest BCUT2D eigenvalue weighted by molar-refractivity contribution is 5.84. The quantitative estimate of drug-likeness (QED) is 0.636. The van der Waals surface area contributed by atoms with Gasteiger partial charge in [-0.3, -0.25) is 0 Å². The van der Waals surface area contributed by atoms with Crippen molar-refractivity contribution < 1.29 is 0 Å². The second kappa shape index (κ2) is 5.45. The Kier molecular flexibility index (Phi) is 3.49. The first-order valence-electron chi connectivity index (χ1n) is 7.18. The van der Waals surface area contributed by atoms with Crippen LogP contribution in [0, 0.1) is 13.8 Å². The zero-order valence-electron chi connectivity index (χ0n) is 12.4. The van der Waals surface area contributed by atoms with Gasteiger partial charge < -0.3 is 5.73 Å². The normalized spacial score (nSPS) is 10.6. The van der Waals surface area contributed by atoms with Crippen LogP contribution in [0.5, 0.6) is 0 Å². The summed E-state index contributed by atoms with van der Waals surface area (Å²) in [5.74, 6) is 0. The Morgan fingerprint density at radius 1 is 0.667 bits per heavy atom. The van der Waals surface area contributed by atoms with E-state index in [1.165, 1.54) is 27.8 Å². The van der Waals surface area contributed by atoms with Gasteiger partial charge in [0, 0.05) is 11.3 Å². The zero-order valence-corrected chi connectivity index (χ0v) is 12.4. The molecular weight excluding hydrogens is 254 g/mol. The van der Waals surface area contributed by atoms with Gasteiger partial charge >= 0.3 is 0 Å². The van der Waals surface area contributed by atoms with E-state index < -0.39 is 0 Å². The van der Waals surface area contributed by atoms with Crippen LogP contribution in [0.3, 0.4) is 0 Å². The number of nitrogens with two attached hydrogens (primary N) is 1. The Labute approximate surface area is 126 Å². The largest absolute Gasteiger partial charge is 0.398 e. The molecule has 104 valence electrons. The highest BCUT2D eigenvalue weighted by Gasteiger charge is 2.10. The molecule has 0 fully saturated rings. The third-order valence-electron chi connectivity index (χ3n) is 3.91. The van der Waals surface area contributed by atoms with E-state index in [0.717, 1.165) is 11.3 Å². The minimum atomic E-state index is 0.826. The van der Waals surface area contributed by atoms with Crippen molar-refractivity contribution in [3.05, 3.63) is 77.9 Å². The Morgan fingerprint density at radius 2 is 1.33 bits per heavy atom. The molecule has 0 radical (unpaired) electrons. The average Bonchev–Trinajstić information content (AvgIpc) is 2.50. The van der Waals surface area contributed by atoms with Crippen molar-refractivity contribution >= 4 is 5.69 Å². The summed E-state index contributed by atoms with van der Waals surface area (Å²) >= 11 is 0. The minimum absolute atomic E-state index is 0.826. The topological polar surface area (TPSA) is 26.0 Å². The lowest BCUT2D eigenvalue weighted by Crippen LogP contribution is -1.95. The molecule has 2 N–H and O–H groups in total. The minimum Gasteiger partial charge on any atom is -0.398 e. The molecule has 3 rings (SSSR count). The van der Waals surface area contributed by atoms with Gasteiger partial charge in [-0.15, -0.1) is 0 Å². The Bertz CT molecular complexity index is 753. The van der Waals surface area contributed by atoms with Crippen LogP contribution >= 0.6 is 0 Å². The van der Waals surface area contributed by atoms with Crippen LogP contribution < -0.4 is 5.73 Å². The number of nitrogen functional groups attached to an aromatic ring is 1. The molecule has 0 heterocycles. The van der Waals surface area contributed by atoms with E-state index in [9.17, 15) is 0 Å². The van der Waals surface area contributed by atoms with Crippen molar-refractivity contribution in [2.75, 3.05) is 5.73 Å². The fourth-order valence-corrected chi connectivity index (χ4v) is 2.82. The van der Waals surface area contributed by atoms with Gasteiger partial charge in [0.15, 0.2) is 0 Å². The highest BCUT2D eigenvalue weighted by atomic mass is 14.6. The maximum Gasteiger partial charge on any atom is 0.0394 e. The van der Waals surface area contributed by atoms with Crippen molar-refractivity contribution in [2.45, 2.75) is 13.8 Å². The number of rotatable bonds is 2. The maximum atomic E-state index is 6.24. The van der Waals surface area contributed by atoms with Gasteiger partial charge in [0.25, 0.3) is 0 Å². The molecule has 0 atom stereocenters. The van der Waals surface area contributed by atoms with Crippen LogP contribution in [0.4, 0.5) is 5.69 Å². The fraction of sp³-hybridized carbons (Fsp3) is 0.100. The SMILES string of the molecule is Cc1cccc(C)c1-c1cc(-c2ccccc2)ccc1N. The summed E-state index contributed by atoms with van der Waals surface area (Å²) in [4.78, 5) is 0. The van der Waals surface area contributed by atoms with Gasteiger partial charge in [-0.25, -0.2) is 0 Å². The number of anilines is 1. The van der Waals surface area contributed by atoms with Gasteiger partial charge in [-0.05, 0) is 53.8 Å². The smallest absolute Gasteiger partial charge is 0.0394 e. The maximum absolute atomic E-state index is 6.24. The van der Waals surface area contributed by atoms with Gasteiger partial charge in [-0.1, -0.05) is 54.6 Å². The summed E-state index contributed by atoms with van der Waals surface area (Å²) in [5, 5.41) is 0. The Balaban J connectivity index is 2.20. The summed E-state index contributed by atoms with van der Waals surface area (Å²) in [6.45, 7) is 4.27. The van der Waals surface area contributed by atoms with Gasteiger partial charge in [0.05, 0.1) is 0 Å². The monoisotopic (exact) mass is 273 g/mol. The molecule has 0 aromatic heterocycles. The van der Waals surface area contributed by atoms with Crippen molar-refractivity contribution in [3.63, 3.8) is 0 Å². The van der Waals surface area contributed by atoms with Gasteiger partial charge in [0.2, 0.25) is 0 Å². The molecule has 3 aromatic rings. The van der Waals surface area contributed by atoms with Crippen molar-refractivity contribution in [1.82, 2.24) is 0 Å². The first kappa shape index (κ1) is 13.4. The van der Waals surface area contributed by atoms with Crippen LogP contribution in [0.15, 0.2) is 66.7 Å². The molecular formula is C20H19N.